The molecule has 0 saturated heterocycles. The molecule has 3 aromatic rings. The maximum atomic E-state index is 4.46. The molecule has 1 aromatic heterocycles. The van der Waals surface area contributed by atoms with Crippen molar-refractivity contribution in [2.45, 2.75) is 32.0 Å². The average Bonchev–Trinajstić information content (AvgIpc) is 3.27. The molecule has 1 saturated carbocycles. The van der Waals surface area contributed by atoms with Gasteiger partial charge in [0.05, 0.1) is 17.4 Å². The van der Waals surface area contributed by atoms with Crippen LogP contribution in [0.25, 0.3) is 11.0 Å². The second-order valence-electron chi connectivity index (χ2n) is 5.84. The summed E-state index contributed by atoms with van der Waals surface area (Å²) in [7, 11) is 0. The predicted octanol–water partition coefficient (Wildman–Crippen LogP) is 3.34. The van der Waals surface area contributed by atoms with Crippen molar-refractivity contribution in [2.24, 2.45) is 0 Å². The highest BCUT2D eigenvalue weighted by Crippen LogP contribution is 2.20. The lowest BCUT2D eigenvalue weighted by Gasteiger charge is -2.08. The summed E-state index contributed by atoms with van der Waals surface area (Å²) in [6.07, 6.45) is 4.60. The van der Waals surface area contributed by atoms with Crippen molar-refractivity contribution in [1.29, 1.82) is 0 Å². The zero-order valence-electron chi connectivity index (χ0n) is 12.0. The predicted molar refractivity (Wildman–Crippen MR) is 85.1 cm³/mol. The van der Waals surface area contributed by atoms with E-state index >= 15 is 0 Å². The maximum absolute atomic E-state index is 4.46. The Hall–Kier alpha value is -2.13. The van der Waals surface area contributed by atoms with Gasteiger partial charge in [-0.25, -0.2) is 4.98 Å². The first-order valence-corrected chi connectivity index (χ1v) is 7.59. The van der Waals surface area contributed by atoms with Gasteiger partial charge in [-0.3, -0.25) is 0 Å². The summed E-state index contributed by atoms with van der Waals surface area (Å²) in [6, 6.07) is 17.9. The molecule has 1 N–H and O–H groups in total. The molecule has 106 valence electrons. The van der Waals surface area contributed by atoms with Gasteiger partial charge >= 0.3 is 0 Å². The van der Waals surface area contributed by atoms with Crippen molar-refractivity contribution in [2.75, 3.05) is 0 Å². The lowest BCUT2D eigenvalue weighted by Crippen LogP contribution is -2.15. The Bertz CT molecular complexity index is 756. The highest BCUT2D eigenvalue weighted by Gasteiger charge is 2.19. The number of hydrogen-bond donors (Lipinski definition) is 1. The van der Waals surface area contributed by atoms with Crippen molar-refractivity contribution < 1.29 is 0 Å². The number of nitrogens with one attached hydrogen (secondary N) is 1. The molecule has 0 amide bonds. The molecule has 3 nitrogen and oxygen atoms in total. The first kappa shape index (κ1) is 12.6. The van der Waals surface area contributed by atoms with Gasteiger partial charge in [-0.1, -0.05) is 36.4 Å². The summed E-state index contributed by atoms with van der Waals surface area (Å²) >= 11 is 0. The standard InChI is InChI=1S/C18H19N3/c1-2-7-18-17(6-1)20-13-21(18)12-15-5-3-4-14(10-15)11-19-16-8-9-16/h1-7,10,13,16,19H,8-9,11-12H2. The third-order valence-electron chi connectivity index (χ3n) is 4.04. The molecule has 21 heavy (non-hydrogen) atoms. The Morgan fingerprint density at radius 2 is 1.90 bits per heavy atom. The van der Waals surface area contributed by atoms with Crippen LogP contribution in [0.15, 0.2) is 54.9 Å². The Morgan fingerprint density at radius 1 is 1.05 bits per heavy atom. The van der Waals surface area contributed by atoms with Gasteiger partial charge in [0.1, 0.15) is 0 Å². The maximum Gasteiger partial charge on any atom is 0.0961 e. The van der Waals surface area contributed by atoms with Crippen LogP contribution in [0, 0.1) is 0 Å². The normalized spacial score (nSPS) is 14.7. The van der Waals surface area contributed by atoms with E-state index in [-0.39, 0.29) is 0 Å². The molecule has 1 aliphatic carbocycles. The van der Waals surface area contributed by atoms with E-state index in [0.29, 0.717) is 0 Å². The first-order valence-electron chi connectivity index (χ1n) is 7.59. The van der Waals surface area contributed by atoms with Crippen LogP contribution in [0.2, 0.25) is 0 Å². The summed E-state index contributed by atoms with van der Waals surface area (Å²) in [5.74, 6) is 0. The number of hydrogen-bond acceptors (Lipinski definition) is 2. The molecular weight excluding hydrogens is 258 g/mol. The quantitative estimate of drug-likeness (QED) is 0.775. The fourth-order valence-corrected chi connectivity index (χ4v) is 2.72. The van der Waals surface area contributed by atoms with E-state index in [4.69, 9.17) is 0 Å². The largest absolute Gasteiger partial charge is 0.326 e. The van der Waals surface area contributed by atoms with Gasteiger partial charge in [0, 0.05) is 19.1 Å². The van der Waals surface area contributed by atoms with Gasteiger partial charge in [0.15, 0.2) is 0 Å². The van der Waals surface area contributed by atoms with Gasteiger partial charge in [0.2, 0.25) is 0 Å². The van der Waals surface area contributed by atoms with Gasteiger partial charge in [0.25, 0.3) is 0 Å². The van der Waals surface area contributed by atoms with Crippen LogP contribution in [-0.4, -0.2) is 15.6 Å². The fourth-order valence-electron chi connectivity index (χ4n) is 2.72. The number of para-hydroxylation sites is 2. The average molecular weight is 277 g/mol. The SMILES string of the molecule is c1cc(CNC2CC2)cc(Cn2cnc3ccccc32)c1. The van der Waals surface area contributed by atoms with Gasteiger partial charge in [-0.05, 0) is 36.1 Å². The Balaban J connectivity index is 1.54. The van der Waals surface area contributed by atoms with E-state index in [1.807, 2.05) is 12.4 Å². The van der Waals surface area contributed by atoms with Crippen molar-refractivity contribution >= 4 is 11.0 Å². The topological polar surface area (TPSA) is 29.9 Å². The summed E-state index contributed by atoms with van der Waals surface area (Å²) in [4.78, 5) is 4.46. The summed E-state index contributed by atoms with van der Waals surface area (Å²) in [5.41, 5.74) is 4.94. The van der Waals surface area contributed by atoms with E-state index in [1.165, 1.54) is 29.5 Å². The van der Waals surface area contributed by atoms with E-state index in [9.17, 15) is 0 Å². The second kappa shape index (κ2) is 5.34. The van der Waals surface area contributed by atoms with Crippen LogP contribution in [0.3, 0.4) is 0 Å². The van der Waals surface area contributed by atoms with Crippen LogP contribution in [0.1, 0.15) is 24.0 Å². The second-order valence-corrected chi connectivity index (χ2v) is 5.84. The van der Waals surface area contributed by atoms with E-state index < -0.39 is 0 Å². The van der Waals surface area contributed by atoms with Gasteiger partial charge in [-0.15, -0.1) is 0 Å². The van der Waals surface area contributed by atoms with Gasteiger partial charge in [-0.2, -0.15) is 0 Å². The van der Waals surface area contributed by atoms with Gasteiger partial charge < -0.3 is 9.88 Å². The smallest absolute Gasteiger partial charge is 0.0961 e. The lowest BCUT2D eigenvalue weighted by molar-refractivity contribution is 0.686. The fraction of sp³-hybridized carbons (Fsp3) is 0.278. The first-order chi connectivity index (χ1) is 10.4. The van der Waals surface area contributed by atoms with E-state index in [2.05, 4.69) is 57.3 Å². The molecular formula is C18H19N3. The number of imidazole rings is 1. The zero-order valence-corrected chi connectivity index (χ0v) is 12.0. The molecule has 0 unspecified atom stereocenters. The van der Waals surface area contributed by atoms with E-state index in [0.717, 1.165) is 24.6 Å². The van der Waals surface area contributed by atoms with Crippen molar-refractivity contribution in [3.05, 3.63) is 66.0 Å². The highest BCUT2D eigenvalue weighted by molar-refractivity contribution is 5.75. The molecule has 0 atom stereocenters. The minimum atomic E-state index is 0.756. The number of nitrogens with zero attached hydrogens (tertiary/aromatic N) is 2. The monoisotopic (exact) mass is 277 g/mol. The Kier molecular flexibility index (Phi) is 3.20. The molecule has 0 bridgehead atoms. The van der Waals surface area contributed by atoms with Crippen molar-refractivity contribution in [3.63, 3.8) is 0 Å². The molecule has 1 heterocycles. The number of benzene rings is 2. The molecule has 3 heteroatoms. The number of fused-ring (bicyclic) bond motifs is 1. The summed E-state index contributed by atoms with van der Waals surface area (Å²) in [6.45, 7) is 1.85. The van der Waals surface area contributed by atoms with Crippen LogP contribution < -0.4 is 5.32 Å². The van der Waals surface area contributed by atoms with Crippen molar-refractivity contribution in [1.82, 2.24) is 14.9 Å². The molecule has 0 aliphatic heterocycles. The van der Waals surface area contributed by atoms with Crippen molar-refractivity contribution in [3.8, 4) is 0 Å². The minimum Gasteiger partial charge on any atom is -0.326 e. The summed E-state index contributed by atoms with van der Waals surface area (Å²) in [5, 5.41) is 3.57. The number of rotatable bonds is 5. The highest BCUT2D eigenvalue weighted by atomic mass is 15.0. The molecule has 1 aliphatic rings. The number of aromatic nitrogens is 2. The minimum absolute atomic E-state index is 0.756. The lowest BCUT2D eigenvalue weighted by atomic mass is 10.1. The molecule has 1 fully saturated rings. The van der Waals surface area contributed by atoms with Crippen LogP contribution in [-0.2, 0) is 13.1 Å². The van der Waals surface area contributed by atoms with Crippen LogP contribution >= 0.6 is 0 Å². The Labute approximate surface area is 124 Å². The molecule has 0 radical (unpaired) electrons. The van der Waals surface area contributed by atoms with Crippen LogP contribution in [0.5, 0.6) is 0 Å². The third kappa shape index (κ3) is 2.83. The third-order valence-corrected chi connectivity index (χ3v) is 4.04. The Morgan fingerprint density at radius 3 is 2.81 bits per heavy atom. The molecule has 4 rings (SSSR count). The molecule has 2 aromatic carbocycles. The van der Waals surface area contributed by atoms with Crippen LogP contribution in [0.4, 0.5) is 0 Å². The van der Waals surface area contributed by atoms with E-state index in [1.54, 1.807) is 0 Å². The molecule has 0 spiro atoms. The summed E-state index contributed by atoms with van der Waals surface area (Å²) < 4.78 is 2.21. The zero-order chi connectivity index (χ0) is 14.1.